The van der Waals surface area contributed by atoms with Crippen LogP contribution < -0.4 is 0 Å². The number of carbonyl (C=O) groups is 2. The Kier molecular flexibility index (Phi) is 5.89. The molecule has 0 bridgehead atoms. The predicted octanol–water partition coefficient (Wildman–Crippen LogP) is 2.29. The smallest absolute Gasteiger partial charge is 0.276 e. The van der Waals surface area contributed by atoms with Crippen LogP contribution in [0.5, 0.6) is 0 Å². The first kappa shape index (κ1) is 19.9. The molecule has 2 amide bonds. The van der Waals surface area contributed by atoms with Crippen LogP contribution in [0.15, 0.2) is 4.52 Å². The molecule has 2 aliphatic rings. The van der Waals surface area contributed by atoms with E-state index in [-0.39, 0.29) is 23.3 Å². The van der Waals surface area contributed by atoms with E-state index in [1.807, 2.05) is 0 Å². The van der Waals surface area contributed by atoms with Gasteiger partial charge in [0.15, 0.2) is 5.69 Å². The number of likely N-dealkylation sites (N-methyl/N-ethyl adjacent to an activating group) is 1. The number of fused-ring (bicyclic) bond motifs is 1. The van der Waals surface area contributed by atoms with Crippen molar-refractivity contribution < 1.29 is 18.8 Å². The van der Waals surface area contributed by atoms with Crippen LogP contribution in [0.1, 0.15) is 61.3 Å². The van der Waals surface area contributed by atoms with Crippen LogP contribution in [-0.4, -0.2) is 66.7 Å². The lowest BCUT2D eigenvalue weighted by atomic mass is 9.76. The Balaban J connectivity index is 1.51. The summed E-state index contributed by atoms with van der Waals surface area (Å²) in [4.78, 5) is 28.4. The summed E-state index contributed by atoms with van der Waals surface area (Å²) in [6.45, 7) is 6.25. The molecule has 7 heteroatoms. The van der Waals surface area contributed by atoms with Crippen molar-refractivity contribution in [3.8, 4) is 0 Å². The van der Waals surface area contributed by atoms with E-state index in [0.717, 1.165) is 43.4 Å². The van der Waals surface area contributed by atoms with Gasteiger partial charge >= 0.3 is 0 Å². The molecule has 0 saturated carbocycles. The van der Waals surface area contributed by atoms with Gasteiger partial charge in [-0.1, -0.05) is 19.0 Å². The molecule has 2 heterocycles. The summed E-state index contributed by atoms with van der Waals surface area (Å²) in [7, 11) is 3.57. The van der Waals surface area contributed by atoms with Gasteiger partial charge in [-0.05, 0) is 37.5 Å². The molecule has 3 rings (SSSR count). The van der Waals surface area contributed by atoms with Crippen molar-refractivity contribution in [1.82, 2.24) is 15.0 Å². The Morgan fingerprint density at radius 3 is 2.67 bits per heavy atom. The van der Waals surface area contributed by atoms with Crippen LogP contribution in [0.2, 0.25) is 0 Å². The molecule has 1 aliphatic carbocycles. The van der Waals surface area contributed by atoms with Gasteiger partial charge in [-0.2, -0.15) is 0 Å². The highest BCUT2D eigenvalue weighted by Crippen LogP contribution is 2.36. The average molecular weight is 377 g/mol. The maximum atomic E-state index is 12.8. The predicted molar refractivity (Wildman–Crippen MR) is 100 cm³/mol. The summed E-state index contributed by atoms with van der Waals surface area (Å²) in [5.41, 5.74) is 1.58. The van der Waals surface area contributed by atoms with Gasteiger partial charge in [0.05, 0.1) is 0 Å². The number of hydrogen-bond donors (Lipinski definition) is 0. The van der Waals surface area contributed by atoms with Gasteiger partial charge in [0.1, 0.15) is 11.9 Å². The zero-order valence-electron chi connectivity index (χ0n) is 16.9. The van der Waals surface area contributed by atoms with Crippen LogP contribution in [0.4, 0.5) is 0 Å². The maximum Gasteiger partial charge on any atom is 0.276 e. The van der Waals surface area contributed by atoms with Crippen LogP contribution in [0.25, 0.3) is 0 Å². The SMILES string of the molecule is CN(CCCN(C)C(=O)C1CCCO1)C(=O)c1noc2c1CC(C)(C)CC2. The number of nitrogens with zero attached hydrogens (tertiary/aromatic N) is 3. The molecule has 0 spiro atoms. The first-order chi connectivity index (χ1) is 12.8. The van der Waals surface area contributed by atoms with E-state index in [1.165, 1.54) is 0 Å². The van der Waals surface area contributed by atoms with Crippen LogP contribution in [0, 0.1) is 5.41 Å². The third-order valence-corrected chi connectivity index (χ3v) is 5.67. The third kappa shape index (κ3) is 4.51. The van der Waals surface area contributed by atoms with E-state index in [2.05, 4.69) is 19.0 Å². The fraction of sp³-hybridized carbons (Fsp3) is 0.750. The second-order valence-electron chi connectivity index (χ2n) is 8.62. The van der Waals surface area contributed by atoms with Gasteiger partial charge in [-0.15, -0.1) is 0 Å². The van der Waals surface area contributed by atoms with Crippen molar-refractivity contribution in [1.29, 1.82) is 0 Å². The lowest BCUT2D eigenvalue weighted by Gasteiger charge is -2.28. The number of carbonyl (C=O) groups excluding carboxylic acids is 2. The topological polar surface area (TPSA) is 75.9 Å². The molecule has 1 atom stereocenters. The zero-order valence-corrected chi connectivity index (χ0v) is 16.9. The van der Waals surface area contributed by atoms with Crippen LogP contribution in [0.3, 0.4) is 0 Å². The van der Waals surface area contributed by atoms with Crippen molar-refractivity contribution in [2.24, 2.45) is 5.41 Å². The number of aromatic nitrogens is 1. The summed E-state index contributed by atoms with van der Waals surface area (Å²) in [5, 5.41) is 4.06. The molecule has 1 aliphatic heterocycles. The van der Waals surface area contributed by atoms with E-state index >= 15 is 0 Å². The summed E-state index contributed by atoms with van der Waals surface area (Å²) in [5.74, 6) is 0.785. The number of rotatable bonds is 6. The Labute approximate surface area is 161 Å². The van der Waals surface area contributed by atoms with Crippen molar-refractivity contribution >= 4 is 11.8 Å². The van der Waals surface area contributed by atoms with Gasteiger partial charge in [-0.25, -0.2) is 0 Å². The number of hydrogen-bond acceptors (Lipinski definition) is 5. The monoisotopic (exact) mass is 377 g/mol. The fourth-order valence-corrected chi connectivity index (χ4v) is 3.86. The molecule has 0 radical (unpaired) electrons. The van der Waals surface area contributed by atoms with Crippen molar-refractivity contribution in [2.45, 2.75) is 58.5 Å². The van der Waals surface area contributed by atoms with Gasteiger partial charge in [0.2, 0.25) is 0 Å². The summed E-state index contributed by atoms with van der Waals surface area (Å²) in [6.07, 6.45) is 4.86. The minimum absolute atomic E-state index is 0.0364. The number of ether oxygens (including phenoxy) is 1. The molecular weight excluding hydrogens is 346 g/mol. The number of aryl methyl sites for hydroxylation is 1. The first-order valence-electron chi connectivity index (χ1n) is 9.88. The molecule has 1 fully saturated rings. The minimum atomic E-state index is -0.292. The van der Waals surface area contributed by atoms with Gasteiger partial charge in [0.25, 0.3) is 11.8 Å². The highest BCUT2D eigenvalue weighted by atomic mass is 16.5. The van der Waals surface area contributed by atoms with Crippen molar-refractivity contribution in [2.75, 3.05) is 33.8 Å². The van der Waals surface area contributed by atoms with Crippen molar-refractivity contribution in [3.05, 3.63) is 17.0 Å². The third-order valence-electron chi connectivity index (χ3n) is 5.67. The van der Waals surface area contributed by atoms with E-state index < -0.39 is 0 Å². The molecule has 1 aromatic heterocycles. The Morgan fingerprint density at radius 2 is 1.96 bits per heavy atom. The zero-order chi connectivity index (χ0) is 19.6. The minimum Gasteiger partial charge on any atom is -0.368 e. The second kappa shape index (κ2) is 8.00. The molecule has 7 nitrogen and oxygen atoms in total. The summed E-state index contributed by atoms with van der Waals surface area (Å²) in [6, 6.07) is 0. The molecule has 150 valence electrons. The molecular formula is C20H31N3O4. The second-order valence-corrected chi connectivity index (χ2v) is 8.62. The summed E-state index contributed by atoms with van der Waals surface area (Å²) < 4.78 is 10.9. The molecule has 1 saturated heterocycles. The highest BCUT2D eigenvalue weighted by molar-refractivity contribution is 5.93. The van der Waals surface area contributed by atoms with Crippen molar-refractivity contribution in [3.63, 3.8) is 0 Å². The van der Waals surface area contributed by atoms with E-state index in [4.69, 9.17) is 9.26 Å². The molecule has 27 heavy (non-hydrogen) atoms. The standard InChI is InChI=1S/C20H31N3O4/c1-20(2)9-8-15-14(13-20)17(21-27-15)19(25)23(4)11-6-10-22(3)18(24)16-7-5-12-26-16/h16H,5-13H2,1-4H3. The normalized spacial score (nSPS) is 21.0. The lowest BCUT2D eigenvalue weighted by Crippen LogP contribution is -2.38. The van der Waals surface area contributed by atoms with Gasteiger partial charge < -0.3 is 19.1 Å². The number of amides is 2. The van der Waals surface area contributed by atoms with Crippen LogP contribution in [-0.2, 0) is 22.4 Å². The summed E-state index contributed by atoms with van der Waals surface area (Å²) >= 11 is 0. The van der Waals surface area contributed by atoms with E-state index in [1.54, 1.807) is 23.9 Å². The molecule has 0 aromatic carbocycles. The molecule has 1 aromatic rings. The highest BCUT2D eigenvalue weighted by Gasteiger charge is 2.33. The first-order valence-corrected chi connectivity index (χ1v) is 9.88. The average Bonchev–Trinajstić information content (AvgIpc) is 3.28. The quantitative estimate of drug-likeness (QED) is 0.760. The Hall–Kier alpha value is -1.89. The molecule has 1 unspecified atom stereocenters. The largest absolute Gasteiger partial charge is 0.368 e. The Morgan fingerprint density at radius 1 is 1.22 bits per heavy atom. The maximum absolute atomic E-state index is 12.8. The van der Waals surface area contributed by atoms with E-state index in [9.17, 15) is 9.59 Å². The van der Waals surface area contributed by atoms with E-state index in [0.29, 0.717) is 31.8 Å². The lowest BCUT2D eigenvalue weighted by molar-refractivity contribution is -0.139. The van der Waals surface area contributed by atoms with Gasteiger partial charge in [-0.3, -0.25) is 9.59 Å². The Bertz CT molecular complexity index is 691. The molecule has 0 N–H and O–H groups in total. The van der Waals surface area contributed by atoms with Gasteiger partial charge in [0, 0.05) is 45.8 Å². The fourth-order valence-electron chi connectivity index (χ4n) is 3.86. The van der Waals surface area contributed by atoms with Crippen LogP contribution >= 0.6 is 0 Å².